The maximum absolute atomic E-state index is 12.7. The number of anilines is 1. The molecule has 12 heteroatoms. The molecule has 0 amide bonds. The molecule has 4 rings (SSSR count). The fourth-order valence-corrected chi connectivity index (χ4v) is 5.48. The van der Waals surface area contributed by atoms with E-state index in [1.165, 1.54) is 42.6 Å². The van der Waals surface area contributed by atoms with E-state index >= 15 is 0 Å². The first kappa shape index (κ1) is 24.4. The molecule has 0 atom stereocenters. The lowest BCUT2D eigenvalue weighted by molar-refractivity contribution is 0.0698. The van der Waals surface area contributed by atoms with E-state index in [0.717, 1.165) is 0 Å². The van der Waals surface area contributed by atoms with E-state index in [2.05, 4.69) is 9.71 Å². The Labute approximate surface area is 213 Å². The van der Waals surface area contributed by atoms with Crippen LogP contribution in [-0.4, -0.2) is 24.5 Å². The van der Waals surface area contributed by atoms with Gasteiger partial charge in [-0.3, -0.25) is 9.71 Å². The number of nitrogens with zero attached hydrogens (tertiary/aromatic N) is 1. The van der Waals surface area contributed by atoms with Crippen molar-refractivity contribution >= 4 is 79.0 Å². The number of aromatic carboxylic acids is 1. The zero-order chi connectivity index (χ0) is 24.6. The zero-order valence-corrected chi connectivity index (χ0v) is 20.6. The van der Waals surface area contributed by atoms with Crippen LogP contribution < -0.4 is 9.46 Å². The summed E-state index contributed by atoms with van der Waals surface area (Å²) in [4.78, 5) is 15.4. The lowest BCUT2D eigenvalue weighted by Gasteiger charge is -2.14. The van der Waals surface area contributed by atoms with Crippen LogP contribution in [-0.2, 0) is 10.0 Å². The van der Waals surface area contributed by atoms with Crippen LogP contribution in [0.4, 0.5) is 5.69 Å². The van der Waals surface area contributed by atoms with E-state index in [9.17, 15) is 18.3 Å². The summed E-state index contributed by atoms with van der Waals surface area (Å²) in [6, 6.07) is 12.9. The molecule has 0 fully saturated rings. The predicted molar refractivity (Wildman–Crippen MR) is 133 cm³/mol. The number of carbonyl (C=O) groups is 1. The van der Waals surface area contributed by atoms with Gasteiger partial charge in [0, 0.05) is 10.4 Å². The van der Waals surface area contributed by atoms with Gasteiger partial charge in [-0.25, -0.2) is 13.2 Å². The number of sulfonamides is 1. The molecule has 0 aliphatic heterocycles. The fraction of sp³-hybridized carbons (Fsp3) is 0. The van der Waals surface area contributed by atoms with Gasteiger partial charge in [-0.05, 0) is 42.5 Å². The van der Waals surface area contributed by atoms with Crippen LogP contribution in [0, 0.1) is 0 Å². The molecule has 4 aromatic rings. The third kappa shape index (κ3) is 5.01. The molecule has 0 radical (unpaired) electrons. The lowest BCUT2D eigenvalue weighted by atomic mass is 10.1. The molecule has 0 saturated heterocycles. The van der Waals surface area contributed by atoms with Gasteiger partial charge in [0.25, 0.3) is 10.0 Å². The van der Waals surface area contributed by atoms with Crippen molar-refractivity contribution in [1.29, 1.82) is 0 Å². The van der Waals surface area contributed by atoms with E-state index < -0.39 is 16.0 Å². The maximum atomic E-state index is 12.7. The molecule has 0 spiro atoms. The normalized spacial score (nSPS) is 11.4. The quantitative estimate of drug-likeness (QED) is 0.261. The summed E-state index contributed by atoms with van der Waals surface area (Å²) >= 11 is 24.5. The van der Waals surface area contributed by atoms with Crippen LogP contribution in [0.1, 0.15) is 10.4 Å². The number of rotatable bonds is 6. The van der Waals surface area contributed by atoms with Crippen LogP contribution in [0.25, 0.3) is 10.9 Å². The minimum atomic E-state index is -4.06. The van der Waals surface area contributed by atoms with Crippen molar-refractivity contribution in [2.45, 2.75) is 4.90 Å². The largest absolute Gasteiger partial charge is 0.478 e. The van der Waals surface area contributed by atoms with Crippen LogP contribution >= 0.6 is 46.4 Å². The van der Waals surface area contributed by atoms with Crippen molar-refractivity contribution in [2.24, 2.45) is 0 Å². The monoisotopic (exact) mass is 556 g/mol. The predicted octanol–water partition coefficient (Wildman–Crippen LogP) is 7.14. The number of carboxylic acid groups (broad SMARTS) is 1. The van der Waals surface area contributed by atoms with Crippen molar-refractivity contribution < 1.29 is 23.1 Å². The van der Waals surface area contributed by atoms with Crippen molar-refractivity contribution in [3.05, 3.63) is 86.4 Å². The number of pyridine rings is 1. The minimum absolute atomic E-state index is 0.0202. The smallest absolute Gasteiger partial charge is 0.337 e. The highest BCUT2D eigenvalue weighted by Crippen LogP contribution is 2.40. The Balaban J connectivity index is 1.62. The van der Waals surface area contributed by atoms with Gasteiger partial charge in [0.05, 0.1) is 38.0 Å². The number of hydrogen-bond acceptors (Lipinski definition) is 5. The van der Waals surface area contributed by atoms with E-state index in [4.69, 9.17) is 51.1 Å². The summed E-state index contributed by atoms with van der Waals surface area (Å²) < 4.78 is 33.6. The molecule has 34 heavy (non-hydrogen) atoms. The van der Waals surface area contributed by atoms with Crippen molar-refractivity contribution in [1.82, 2.24) is 4.98 Å². The molecule has 1 aromatic heterocycles. The van der Waals surface area contributed by atoms with E-state index in [1.807, 2.05) is 0 Å². The molecule has 0 unspecified atom stereocenters. The van der Waals surface area contributed by atoms with Crippen LogP contribution in [0.5, 0.6) is 11.5 Å². The second-order valence-corrected chi connectivity index (χ2v) is 10.2. The van der Waals surface area contributed by atoms with Gasteiger partial charge in [-0.15, -0.1) is 0 Å². The van der Waals surface area contributed by atoms with Gasteiger partial charge in [-0.2, -0.15) is 0 Å². The average molecular weight is 558 g/mol. The molecule has 174 valence electrons. The van der Waals surface area contributed by atoms with Crippen molar-refractivity contribution in [2.75, 3.05) is 4.72 Å². The summed E-state index contributed by atoms with van der Waals surface area (Å²) in [6.45, 7) is 0. The van der Waals surface area contributed by atoms with E-state index in [1.54, 1.807) is 18.2 Å². The number of fused-ring (bicyclic) bond motifs is 1. The minimum Gasteiger partial charge on any atom is -0.478 e. The van der Waals surface area contributed by atoms with E-state index in [-0.39, 0.29) is 42.7 Å². The lowest BCUT2D eigenvalue weighted by Crippen LogP contribution is -2.13. The van der Waals surface area contributed by atoms with Gasteiger partial charge < -0.3 is 9.84 Å². The fourth-order valence-electron chi connectivity index (χ4n) is 3.11. The van der Waals surface area contributed by atoms with Crippen LogP contribution in [0.3, 0.4) is 0 Å². The standard InChI is InChI=1S/C22H12Cl4N2O5S/c23-12-4-5-19(16(24)7-12)34(31,32)28-13-8-17(25)21(18(26)9-13)33-14-6-11-2-1-3-15(22(29)30)20(11)27-10-14/h1-10,28H,(H,29,30). The number of carboxylic acids is 1. The number of hydrogen-bond donors (Lipinski definition) is 2. The summed E-state index contributed by atoms with van der Waals surface area (Å²) in [5.74, 6) is -0.790. The summed E-state index contributed by atoms with van der Waals surface area (Å²) in [7, 11) is -4.06. The number of ether oxygens (including phenoxy) is 1. The average Bonchev–Trinajstić information content (AvgIpc) is 2.75. The summed E-state index contributed by atoms with van der Waals surface area (Å²) in [5.41, 5.74) is 0.429. The molecule has 0 saturated carbocycles. The highest BCUT2D eigenvalue weighted by Gasteiger charge is 2.20. The first-order valence-corrected chi connectivity index (χ1v) is 12.3. The second kappa shape index (κ2) is 9.48. The van der Waals surface area contributed by atoms with Crippen molar-refractivity contribution in [3.8, 4) is 11.5 Å². The Morgan fingerprint density at radius 1 is 0.941 bits per heavy atom. The third-order valence-electron chi connectivity index (χ3n) is 4.57. The second-order valence-electron chi connectivity index (χ2n) is 6.90. The number of aromatic nitrogens is 1. The van der Waals surface area contributed by atoms with Crippen LogP contribution in [0.2, 0.25) is 20.1 Å². The Morgan fingerprint density at radius 3 is 2.29 bits per heavy atom. The van der Waals surface area contributed by atoms with E-state index in [0.29, 0.717) is 15.9 Å². The van der Waals surface area contributed by atoms with Gasteiger partial charge >= 0.3 is 5.97 Å². The van der Waals surface area contributed by atoms with Gasteiger partial charge in [-0.1, -0.05) is 58.5 Å². The molecule has 1 heterocycles. The Kier molecular flexibility index (Phi) is 6.80. The number of para-hydroxylation sites is 1. The topological polar surface area (TPSA) is 106 Å². The molecule has 0 aliphatic rings. The molecule has 2 N–H and O–H groups in total. The first-order chi connectivity index (χ1) is 16.0. The molecule has 0 aliphatic carbocycles. The Hall–Kier alpha value is -2.75. The summed E-state index contributed by atoms with van der Waals surface area (Å²) in [5, 5.41) is 10.1. The van der Waals surface area contributed by atoms with Gasteiger partial charge in [0.2, 0.25) is 0 Å². The maximum Gasteiger partial charge on any atom is 0.337 e. The molecular weight excluding hydrogens is 546 g/mol. The molecule has 0 bridgehead atoms. The Morgan fingerprint density at radius 2 is 1.65 bits per heavy atom. The van der Waals surface area contributed by atoms with Crippen LogP contribution in [0.15, 0.2) is 65.7 Å². The third-order valence-corrected chi connectivity index (χ3v) is 7.23. The first-order valence-electron chi connectivity index (χ1n) is 9.32. The van der Waals surface area contributed by atoms with Crippen molar-refractivity contribution in [3.63, 3.8) is 0 Å². The SMILES string of the molecule is O=C(O)c1cccc2cc(Oc3c(Cl)cc(NS(=O)(=O)c4ccc(Cl)cc4Cl)cc3Cl)cnc12. The van der Waals surface area contributed by atoms with Gasteiger partial charge in [0.1, 0.15) is 10.6 Å². The molecule has 7 nitrogen and oxygen atoms in total. The highest BCUT2D eigenvalue weighted by molar-refractivity contribution is 7.92. The number of nitrogens with one attached hydrogen (secondary N) is 1. The Bertz CT molecular complexity index is 1540. The number of benzene rings is 3. The molecule has 3 aromatic carbocycles. The van der Waals surface area contributed by atoms with Gasteiger partial charge in [0.15, 0.2) is 5.75 Å². The summed E-state index contributed by atoms with van der Waals surface area (Å²) in [6.07, 6.45) is 1.33. The number of halogens is 4. The zero-order valence-electron chi connectivity index (χ0n) is 16.7. The molecular formula is C22H12Cl4N2O5S. The highest BCUT2D eigenvalue weighted by atomic mass is 35.5.